The topological polar surface area (TPSA) is 35.2 Å². The first kappa shape index (κ1) is 15.4. The molecule has 0 saturated heterocycles. The van der Waals surface area contributed by atoms with Gasteiger partial charge in [-0.2, -0.15) is 0 Å². The molecule has 1 atom stereocenters. The van der Waals surface area contributed by atoms with Crippen molar-refractivity contribution >= 4 is 0 Å². The van der Waals surface area contributed by atoms with E-state index < -0.39 is 0 Å². The number of benzene rings is 1. The summed E-state index contributed by atoms with van der Waals surface area (Å²) >= 11 is 0. The smallest absolute Gasteiger partial charge is 0.119 e. The molecule has 1 aromatic rings. The fourth-order valence-corrected chi connectivity index (χ4v) is 3.46. The Morgan fingerprint density at radius 2 is 1.75 bits per heavy atom. The third-order valence-corrected chi connectivity index (χ3v) is 4.38. The van der Waals surface area contributed by atoms with E-state index in [9.17, 15) is 0 Å². The molecule has 0 heterocycles. The highest BCUT2D eigenvalue weighted by Gasteiger charge is 2.24. The first-order valence-electron chi connectivity index (χ1n) is 8.17. The van der Waals surface area contributed by atoms with Crippen LogP contribution in [0.1, 0.15) is 63.9 Å². The zero-order valence-electron chi connectivity index (χ0n) is 13.0. The van der Waals surface area contributed by atoms with Gasteiger partial charge in [-0.25, -0.2) is 0 Å². The maximum absolute atomic E-state index is 5.84. The van der Waals surface area contributed by atoms with Crippen molar-refractivity contribution in [2.24, 2.45) is 11.7 Å². The summed E-state index contributed by atoms with van der Waals surface area (Å²) in [6.07, 6.45) is 8.27. The van der Waals surface area contributed by atoms with Gasteiger partial charge in [0.05, 0.1) is 6.10 Å². The van der Waals surface area contributed by atoms with Gasteiger partial charge in [-0.3, -0.25) is 0 Å². The number of nitrogens with two attached hydrogens (primary N) is 1. The second-order valence-corrected chi connectivity index (χ2v) is 6.32. The maximum atomic E-state index is 5.84. The normalized spacial score (nSPS) is 18.2. The molecule has 1 aliphatic rings. The van der Waals surface area contributed by atoms with Crippen LogP contribution in [0.5, 0.6) is 5.75 Å². The lowest BCUT2D eigenvalue weighted by atomic mass is 9.75. The molecule has 112 valence electrons. The molecule has 1 saturated carbocycles. The Hall–Kier alpha value is -1.02. The maximum Gasteiger partial charge on any atom is 0.119 e. The van der Waals surface area contributed by atoms with Crippen LogP contribution in [0.4, 0.5) is 0 Å². The van der Waals surface area contributed by atoms with Crippen LogP contribution >= 0.6 is 0 Å². The van der Waals surface area contributed by atoms with Crippen LogP contribution in [0.15, 0.2) is 24.3 Å². The molecule has 0 amide bonds. The van der Waals surface area contributed by atoms with Gasteiger partial charge in [0, 0.05) is 0 Å². The number of hydrogen-bond donors (Lipinski definition) is 1. The molecule has 1 aromatic carbocycles. The second kappa shape index (κ2) is 7.68. The molecule has 2 rings (SSSR count). The van der Waals surface area contributed by atoms with Gasteiger partial charge in [-0.05, 0) is 69.2 Å². The summed E-state index contributed by atoms with van der Waals surface area (Å²) in [5, 5.41) is 0. The van der Waals surface area contributed by atoms with Crippen LogP contribution in [0.25, 0.3) is 0 Å². The standard InChI is InChI=1S/C18H29NO/c1-14(2)20-17-10-8-16(9-11-17)18(12-13-19)15-6-4-3-5-7-15/h8-11,14-15,18H,3-7,12-13,19H2,1-2H3/t18-/m1/s1. The zero-order chi connectivity index (χ0) is 14.4. The highest BCUT2D eigenvalue weighted by atomic mass is 16.5. The number of ether oxygens (including phenoxy) is 1. The van der Waals surface area contributed by atoms with Crippen molar-refractivity contribution < 1.29 is 4.74 Å². The van der Waals surface area contributed by atoms with Gasteiger partial charge in [0.1, 0.15) is 5.75 Å². The molecule has 2 N–H and O–H groups in total. The Bertz CT molecular complexity index is 379. The molecule has 2 nitrogen and oxygen atoms in total. The Balaban J connectivity index is 2.07. The fraction of sp³-hybridized carbons (Fsp3) is 0.667. The van der Waals surface area contributed by atoms with Gasteiger partial charge in [0.15, 0.2) is 0 Å². The third-order valence-electron chi connectivity index (χ3n) is 4.38. The molecule has 1 fully saturated rings. The van der Waals surface area contributed by atoms with Gasteiger partial charge in [0.2, 0.25) is 0 Å². The quantitative estimate of drug-likeness (QED) is 0.830. The van der Waals surface area contributed by atoms with Crippen LogP contribution in [-0.4, -0.2) is 12.6 Å². The molecule has 0 bridgehead atoms. The van der Waals surface area contributed by atoms with E-state index in [1.807, 2.05) is 0 Å². The minimum Gasteiger partial charge on any atom is -0.491 e. The van der Waals surface area contributed by atoms with Crippen LogP contribution in [0.3, 0.4) is 0 Å². The molecule has 0 aliphatic heterocycles. The summed E-state index contributed by atoms with van der Waals surface area (Å²) in [7, 11) is 0. The monoisotopic (exact) mass is 275 g/mol. The predicted molar refractivity (Wildman–Crippen MR) is 85.2 cm³/mol. The first-order chi connectivity index (χ1) is 9.70. The molecule has 2 heteroatoms. The Labute approximate surface area is 123 Å². The van der Waals surface area contributed by atoms with Crippen molar-refractivity contribution in [2.45, 2.75) is 64.4 Å². The van der Waals surface area contributed by atoms with E-state index in [0.717, 1.165) is 24.6 Å². The van der Waals surface area contributed by atoms with E-state index in [1.165, 1.54) is 37.7 Å². The SMILES string of the molecule is CC(C)Oc1ccc([C@H](CCN)C2CCCCC2)cc1. The lowest BCUT2D eigenvalue weighted by Gasteiger charge is -2.30. The van der Waals surface area contributed by atoms with E-state index in [-0.39, 0.29) is 6.10 Å². The summed E-state index contributed by atoms with van der Waals surface area (Å²) in [6.45, 7) is 4.91. The van der Waals surface area contributed by atoms with Gasteiger partial charge >= 0.3 is 0 Å². The predicted octanol–water partition coefficient (Wildman–Crippen LogP) is 4.49. The summed E-state index contributed by atoms with van der Waals surface area (Å²) in [4.78, 5) is 0. The van der Waals surface area contributed by atoms with Crippen LogP contribution in [-0.2, 0) is 0 Å². The molecule has 20 heavy (non-hydrogen) atoms. The minimum atomic E-state index is 0.235. The molecular formula is C18H29NO. The average Bonchev–Trinajstić information content (AvgIpc) is 2.46. The molecule has 0 radical (unpaired) electrons. The van der Waals surface area contributed by atoms with Crippen molar-refractivity contribution in [1.82, 2.24) is 0 Å². The van der Waals surface area contributed by atoms with E-state index in [0.29, 0.717) is 5.92 Å². The highest BCUT2D eigenvalue weighted by molar-refractivity contribution is 5.30. The molecule has 1 aliphatic carbocycles. The molecule has 0 aromatic heterocycles. The van der Waals surface area contributed by atoms with Crippen molar-refractivity contribution in [3.63, 3.8) is 0 Å². The summed E-state index contributed by atoms with van der Waals surface area (Å²) in [5.74, 6) is 2.43. The zero-order valence-corrected chi connectivity index (χ0v) is 13.0. The first-order valence-corrected chi connectivity index (χ1v) is 8.17. The van der Waals surface area contributed by atoms with E-state index in [2.05, 4.69) is 38.1 Å². The minimum absolute atomic E-state index is 0.235. The van der Waals surface area contributed by atoms with Crippen LogP contribution < -0.4 is 10.5 Å². The van der Waals surface area contributed by atoms with Crippen LogP contribution in [0.2, 0.25) is 0 Å². The fourth-order valence-electron chi connectivity index (χ4n) is 3.46. The number of hydrogen-bond acceptors (Lipinski definition) is 2. The van der Waals surface area contributed by atoms with E-state index >= 15 is 0 Å². The second-order valence-electron chi connectivity index (χ2n) is 6.32. The number of rotatable bonds is 6. The van der Waals surface area contributed by atoms with Crippen molar-refractivity contribution in [1.29, 1.82) is 0 Å². The van der Waals surface area contributed by atoms with Crippen LogP contribution in [0, 0.1) is 5.92 Å². The van der Waals surface area contributed by atoms with E-state index in [1.54, 1.807) is 0 Å². The van der Waals surface area contributed by atoms with Crippen molar-refractivity contribution in [3.05, 3.63) is 29.8 Å². The van der Waals surface area contributed by atoms with E-state index in [4.69, 9.17) is 10.5 Å². The Morgan fingerprint density at radius 3 is 2.30 bits per heavy atom. The lowest BCUT2D eigenvalue weighted by molar-refractivity contribution is 0.242. The van der Waals surface area contributed by atoms with Crippen molar-refractivity contribution in [2.75, 3.05) is 6.54 Å². The van der Waals surface area contributed by atoms with Gasteiger partial charge in [-0.1, -0.05) is 31.4 Å². The van der Waals surface area contributed by atoms with Crippen molar-refractivity contribution in [3.8, 4) is 5.75 Å². The van der Waals surface area contributed by atoms with Gasteiger partial charge < -0.3 is 10.5 Å². The average molecular weight is 275 g/mol. The lowest BCUT2D eigenvalue weighted by Crippen LogP contribution is -2.19. The summed E-state index contributed by atoms with van der Waals surface area (Å²) < 4.78 is 5.73. The molecule has 0 spiro atoms. The highest BCUT2D eigenvalue weighted by Crippen LogP contribution is 2.38. The third kappa shape index (κ3) is 4.24. The molecule has 0 unspecified atom stereocenters. The Morgan fingerprint density at radius 1 is 1.10 bits per heavy atom. The van der Waals surface area contributed by atoms with Gasteiger partial charge in [-0.15, -0.1) is 0 Å². The summed E-state index contributed by atoms with van der Waals surface area (Å²) in [6, 6.07) is 8.71. The molecular weight excluding hydrogens is 246 g/mol. The van der Waals surface area contributed by atoms with Gasteiger partial charge in [0.25, 0.3) is 0 Å². The Kier molecular flexibility index (Phi) is 5.90. The summed E-state index contributed by atoms with van der Waals surface area (Å²) in [5.41, 5.74) is 7.29. The largest absolute Gasteiger partial charge is 0.491 e.